The number of halogens is 2. The second-order valence-electron chi connectivity index (χ2n) is 3.14. The van der Waals surface area contributed by atoms with Crippen LogP contribution in [0, 0.1) is 18.3 Å². The van der Waals surface area contributed by atoms with E-state index in [-0.39, 0.29) is 16.8 Å². The summed E-state index contributed by atoms with van der Waals surface area (Å²) in [4.78, 5) is 14.0. The van der Waals surface area contributed by atoms with E-state index in [0.717, 1.165) is 6.20 Å². The number of carbonyl (C=O) groups is 1. The van der Waals surface area contributed by atoms with Gasteiger partial charge in [0.1, 0.15) is 6.07 Å². The number of nitriles is 1. The fraction of sp³-hybridized carbons (Fsp3) is 0.300. The average Bonchev–Trinajstić information content (AvgIpc) is 2.16. The molecular weight excluding hydrogens is 218 g/mol. The van der Waals surface area contributed by atoms with Crippen LogP contribution in [0.2, 0.25) is 0 Å². The van der Waals surface area contributed by atoms with Gasteiger partial charge in [-0.05, 0) is 12.5 Å². The minimum absolute atomic E-state index is 0.0319. The molecule has 6 heteroatoms. The van der Waals surface area contributed by atoms with Crippen molar-refractivity contribution in [1.82, 2.24) is 4.98 Å². The van der Waals surface area contributed by atoms with Gasteiger partial charge >= 0.3 is 5.97 Å². The van der Waals surface area contributed by atoms with Gasteiger partial charge in [-0.15, -0.1) is 0 Å². The van der Waals surface area contributed by atoms with Gasteiger partial charge in [-0.25, -0.2) is 8.78 Å². The van der Waals surface area contributed by atoms with Gasteiger partial charge in [0.2, 0.25) is 0 Å². The highest BCUT2D eigenvalue weighted by Crippen LogP contribution is 2.27. The van der Waals surface area contributed by atoms with E-state index in [1.54, 1.807) is 6.07 Å². The lowest BCUT2D eigenvalue weighted by Gasteiger charge is -2.10. The molecule has 0 aliphatic carbocycles. The van der Waals surface area contributed by atoms with Crippen LogP contribution in [0.1, 0.15) is 28.8 Å². The molecule has 1 heterocycles. The number of aromatic nitrogens is 1. The summed E-state index contributed by atoms with van der Waals surface area (Å²) >= 11 is 0. The summed E-state index contributed by atoms with van der Waals surface area (Å²) in [6.07, 6.45) is -2.30. The summed E-state index contributed by atoms with van der Waals surface area (Å²) < 4.78 is 25.4. The third-order valence-electron chi connectivity index (χ3n) is 2.13. The highest BCUT2D eigenvalue weighted by atomic mass is 19.3. The third-order valence-corrected chi connectivity index (χ3v) is 2.13. The molecule has 0 aromatic carbocycles. The fourth-order valence-corrected chi connectivity index (χ4v) is 1.36. The van der Waals surface area contributed by atoms with Crippen molar-refractivity contribution in [2.45, 2.75) is 19.8 Å². The van der Waals surface area contributed by atoms with Gasteiger partial charge in [0.15, 0.2) is 0 Å². The van der Waals surface area contributed by atoms with Gasteiger partial charge < -0.3 is 5.11 Å². The van der Waals surface area contributed by atoms with E-state index in [0.29, 0.717) is 0 Å². The third kappa shape index (κ3) is 2.31. The molecule has 4 nitrogen and oxygen atoms in total. The van der Waals surface area contributed by atoms with Gasteiger partial charge in [-0.2, -0.15) is 5.26 Å². The Balaban J connectivity index is 3.35. The molecule has 0 atom stereocenters. The molecule has 0 saturated heterocycles. The summed E-state index contributed by atoms with van der Waals surface area (Å²) in [6.45, 7) is 1.35. The van der Waals surface area contributed by atoms with Crippen LogP contribution >= 0.6 is 0 Å². The maximum atomic E-state index is 12.7. The number of carboxylic acid groups (broad SMARTS) is 1. The number of rotatable bonds is 3. The molecule has 1 aromatic rings. The van der Waals surface area contributed by atoms with Crippen LogP contribution < -0.4 is 0 Å². The Labute approximate surface area is 90.2 Å². The fourth-order valence-electron chi connectivity index (χ4n) is 1.36. The lowest BCUT2D eigenvalue weighted by atomic mass is 10.0. The topological polar surface area (TPSA) is 74.0 Å². The summed E-state index contributed by atoms with van der Waals surface area (Å²) in [5, 5.41) is 17.2. The van der Waals surface area contributed by atoms with Gasteiger partial charge in [0.25, 0.3) is 6.43 Å². The molecule has 0 spiro atoms. The first-order valence-electron chi connectivity index (χ1n) is 4.35. The smallest absolute Gasteiger partial charge is 0.309 e. The Kier molecular flexibility index (Phi) is 3.51. The number of nitrogens with zero attached hydrogens (tertiary/aromatic N) is 2. The van der Waals surface area contributed by atoms with Gasteiger partial charge in [-0.1, -0.05) is 0 Å². The van der Waals surface area contributed by atoms with Crippen molar-refractivity contribution in [3.05, 3.63) is 28.6 Å². The molecule has 1 N–H and O–H groups in total. The average molecular weight is 226 g/mol. The number of pyridine rings is 1. The van der Waals surface area contributed by atoms with Crippen LogP contribution in [0.5, 0.6) is 0 Å². The van der Waals surface area contributed by atoms with E-state index < -0.39 is 24.4 Å². The minimum Gasteiger partial charge on any atom is -0.481 e. The first-order chi connectivity index (χ1) is 7.47. The maximum absolute atomic E-state index is 12.7. The molecule has 0 aliphatic heterocycles. The quantitative estimate of drug-likeness (QED) is 0.853. The van der Waals surface area contributed by atoms with E-state index in [2.05, 4.69) is 4.98 Å². The molecule has 1 aromatic heterocycles. The van der Waals surface area contributed by atoms with Crippen LogP contribution in [0.4, 0.5) is 8.78 Å². The van der Waals surface area contributed by atoms with Crippen LogP contribution in [-0.2, 0) is 11.2 Å². The second-order valence-corrected chi connectivity index (χ2v) is 3.14. The number of aliphatic carboxylic acids is 1. The van der Waals surface area contributed by atoms with Crippen LogP contribution in [-0.4, -0.2) is 16.1 Å². The number of hydrogen-bond donors (Lipinski definition) is 1. The Hall–Kier alpha value is -2.03. The zero-order chi connectivity index (χ0) is 12.3. The SMILES string of the molecule is Cc1c(C#N)cnc(CC(=O)O)c1C(F)F. The monoisotopic (exact) mass is 226 g/mol. The van der Waals surface area contributed by atoms with Crippen LogP contribution in [0.3, 0.4) is 0 Å². The zero-order valence-electron chi connectivity index (χ0n) is 8.37. The summed E-state index contributed by atoms with van der Waals surface area (Å²) in [7, 11) is 0. The molecule has 0 saturated carbocycles. The van der Waals surface area contributed by atoms with Crippen molar-refractivity contribution in [3.63, 3.8) is 0 Å². The number of hydrogen-bond acceptors (Lipinski definition) is 3. The lowest BCUT2D eigenvalue weighted by molar-refractivity contribution is -0.136. The Morgan fingerprint density at radius 1 is 1.69 bits per heavy atom. The predicted octanol–water partition coefficient (Wildman–Crippen LogP) is 1.83. The Morgan fingerprint density at radius 3 is 2.75 bits per heavy atom. The predicted molar refractivity (Wildman–Crippen MR) is 50.0 cm³/mol. The molecule has 0 bridgehead atoms. The highest BCUT2D eigenvalue weighted by Gasteiger charge is 2.21. The molecule has 84 valence electrons. The van der Waals surface area contributed by atoms with E-state index in [1.165, 1.54) is 6.92 Å². The van der Waals surface area contributed by atoms with E-state index in [9.17, 15) is 13.6 Å². The molecule has 16 heavy (non-hydrogen) atoms. The first-order valence-corrected chi connectivity index (χ1v) is 4.35. The largest absolute Gasteiger partial charge is 0.481 e. The molecular formula is C10H8F2N2O2. The lowest BCUT2D eigenvalue weighted by Crippen LogP contribution is -2.09. The second kappa shape index (κ2) is 4.66. The molecule has 0 fully saturated rings. The Bertz CT molecular complexity index is 467. The Morgan fingerprint density at radius 2 is 2.31 bits per heavy atom. The molecule has 0 amide bonds. The summed E-state index contributed by atoms with van der Waals surface area (Å²) in [5.74, 6) is -1.24. The van der Waals surface area contributed by atoms with Crippen molar-refractivity contribution in [3.8, 4) is 6.07 Å². The highest BCUT2D eigenvalue weighted by molar-refractivity contribution is 5.70. The number of alkyl halides is 2. The molecule has 1 rings (SSSR count). The van der Waals surface area contributed by atoms with Crippen molar-refractivity contribution in [2.24, 2.45) is 0 Å². The molecule has 0 radical (unpaired) electrons. The standard InChI is InChI=1S/C10H8F2N2O2/c1-5-6(3-13)4-14-7(2-8(15)16)9(5)10(11)12/h4,10H,2H2,1H3,(H,15,16). The van der Waals surface area contributed by atoms with E-state index in [1.807, 2.05) is 0 Å². The summed E-state index contributed by atoms with van der Waals surface area (Å²) in [6, 6.07) is 1.73. The minimum atomic E-state index is -2.84. The van der Waals surface area contributed by atoms with Crippen molar-refractivity contribution in [1.29, 1.82) is 5.26 Å². The number of carboxylic acids is 1. The van der Waals surface area contributed by atoms with Gasteiger partial charge in [-0.3, -0.25) is 9.78 Å². The molecule has 0 unspecified atom stereocenters. The first kappa shape index (κ1) is 12.0. The van der Waals surface area contributed by atoms with Crippen molar-refractivity contribution < 1.29 is 18.7 Å². The summed E-state index contributed by atoms with van der Waals surface area (Å²) in [5.41, 5.74) is -0.534. The van der Waals surface area contributed by atoms with Gasteiger partial charge in [0, 0.05) is 11.8 Å². The molecule has 0 aliphatic rings. The van der Waals surface area contributed by atoms with Crippen LogP contribution in [0.25, 0.3) is 0 Å². The van der Waals surface area contributed by atoms with E-state index in [4.69, 9.17) is 10.4 Å². The van der Waals surface area contributed by atoms with Crippen LogP contribution in [0.15, 0.2) is 6.20 Å². The van der Waals surface area contributed by atoms with Crippen molar-refractivity contribution >= 4 is 5.97 Å². The van der Waals surface area contributed by atoms with Gasteiger partial charge in [0.05, 0.1) is 17.7 Å². The van der Waals surface area contributed by atoms with E-state index >= 15 is 0 Å². The maximum Gasteiger partial charge on any atom is 0.309 e. The zero-order valence-corrected chi connectivity index (χ0v) is 8.37. The normalized spacial score (nSPS) is 10.2. The van der Waals surface area contributed by atoms with Crippen molar-refractivity contribution in [2.75, 3.05) is 0 Å².